The fourth-order valence-electron chi connectivity index (χ4n) is 3.46. The molecule has 4 rings (SSSR count). The number of hydrogen-bond donors (Lipinski definition) is 0. The number of para-hydroxylation sites is 1. The van der Waals surface area contributed by atoms with Crippen molar-refractivity contribution in [1.29, 1.82) is 0 Å². The van der Waals surface area contributed by atoms with E-state index < -0.39 is 0 Å². The van der Waals surface area contributed by atoms with Gasteiger partial charge in [0.05, 0.1) is 18.9 Å². The molecule has 0 saturated heterocycles. The summed E-state index contributed by atoms with van der Waals surface area (Å²) in [6, 6.07) is 7.84. The lowest BCUT2D eigenvalue weighted by atomic mass is 9.80. The topological polar surface area (TPSA) is 62.5 Å². The monoisotopic (exact) mass is 300 g/mol. The van der Waals surface area contributed by atoms with Crippen LogP contribution in [-0.4, -0.2) is 22.3 Å². The highest BCUT2D eigenvalue weighted by molar-refractivity contribution is 5.44. The third kappa shape index (κ3) is 1.60. The Morgan fingerprint density at radius 3 is 2.55 bits per heavy atom. The van der Waals surface area contributed by atoms with Gasteiger partial charge in [0.1, 0.15) is 5.75 Å². The largest absolute Gasteiger partial charge is 0.493 e. The van der Waals surface area contributed by atoms with Crippen LogP contribution in [0.25, 0.3) is 0 Å². The van der Waals surface area contributed by atoms with Crippen LogP contribution in [0.15, 0.2) is 33.9 Å². The summed E-state index contributed by atoms with van der Waals surface area (Å²) in [6.07, 6.45) is 0. The van der Waals surface area contributed by atoms with Crippen molar-refractivity contribution in [3.63, 3.8) is 0 Å². The molecule has 1 aromatic carbocycles. The Balaban J connectivity index is 1.94. The van der Waals surface area contributed by atoms with E-state index in [1.54, 1.807) is 7.05 Å². The van der Waals surface area contributed by atoms with E-state index >= 15 is 0 Å². The first-order valence-electron chi connectivity index (χ1n) is 7.24. The predicted octanol–water partition coefficient (Wildman–Crippen LogP) is 0.736. The molecule has 1 aromatic heterocycles. The molecule has 2 atom stereocenters. The molecule has 2 aliphatic heterocycles. The van der Waals surface area contributed by atoms with Crippen molar-refractivity contribution in [2.24, 2.45) is 14.1 Å². The van der Waals surface area contributed by atoms with Gasteiger partial charge in [-0.25, -0.2) is 4.79 Å². The molecule has 0 bridgehead atoms. The minimum atomic E-state index is -0.379. The van der Waals surface area contributed by atoms with Gasteiger partial charge in [0.2, 0.25) is 5.75 Å². The van der Waals surface area contributed by atoms with Crippen LogP contribution in [0.1, 0.15) is 23.1 Å². The molecule has 3 heterocycles. The van der Waals surface area contributed by atoms with Crippen LogP contribution < -0.4 is 20.7 Å². The van der Waals surface area contributed by atoms with Gasteiger partial charge in [0.15, 0.2) is 0 Å². The van der Waals surface area contributed by atoms with Gasteiger partial charge in [0.25, 0.3) is 5.56 Å². The zero-order chi connectivity index (χ0) is 15.4. The first-order chi connectivity index (χ1) is 10.6. The molecule has 0 amide bonds. The van der Waals surface area contributed by atoms with Crippen molar-refractivity contribution in [1.82, 2.24) is 9.13 Å². The van der Waals surface area contributed by atoms with Crippen LogP contribution in [0.2, 0.25) is 0 Å². The Labute approximate surface area is 126 Å². The molecule has 114 valence electrons. The smallest absolute Gasteiger partial charge is 0.330 e. The van der Waals surface area contributed by atoms with Crippen LogP contribution in [-0.2, 0) is 14.1 Å². The molecule has 0 unspecified atom stereocenters. The van der Waals surface area contributed by atoms with E-state index in [0.29, 0.717) is 18.9 Å². The molecule has 0 N–H and O–H groups in total. The lowest BCUT2D eigenvalue weighted by Gasteiger charge is -2.38. The van der Waals surface area contributed by atoms with Crippen LogP contribution in [0.5, 0.6) is 11.5 Å². The minimum absolute atomic E-state index is 0.0507. The average Bonchev–Trinajstić information content (AvgIpc) is 2.56. The van der Waals surface area contributed by atoms with Gasteiger partial charge < -0.3 is 9.47 Å². The zero-order valence-corrected chi connectivity index (χ0v) is 12.4. The Kier molecular flexibility index (Phi) is 2.69. The van der Waals surface area contributed by atoms with Crippen molar-refractivity contribution >= 4 is 0 Å². The number of hydrogen-bond acceptors (Lipinski definition) is 4. The van der Waals surface area contributed by atoms with Crippen molar-refractivity contribution in [2.45, 2.75) is 11.8 Å². The summed E-state index contributed by atoms with van der Waals surface area (Å²) < 4.78 is 14.2. The van der Waals surface area contributed by atoms with Crippen LogP contribution >= 0.6 is 0 Å². The molecule has 0 saturated carbocycles. The van der Waals surface area contributed by atoms with Crippen molar-refractivity contribution in [2.75, 3.05) is 13.2 Å². The number of rotatable bonds is 0. The van der Waals surface area contributed by atoms with Gasteiger partial charge in [0, 0.05) is 31.5 Å². The third-order valence-electron chi connectivity index (χ3n) is 4.65. The van der Waals surface area contributed by atoms with Crippen molar-refractivity contribution in [3.8, 4) is 11.5 Å². The highest BCUT2D eigenvalue weighted by Gasteiger charge is 2.40. The van der Waals surface area contributed by atoms with Crippen molar-refractivity contribution < 1.29 is 9.47 Å². The molecule has 6 nitrogen and oxygen atoms in total. The summed E-state index contributed by atoms with van der Waals surface area (Å²) in [7, 11) is 3.14. The highest BCUT2D eigenvalue weighted by Crippen LogP contribution is 2.45. The lowest BCUT2D eigenvalue weighted by Crippen LogP contribution is -2.45. The van der Waals surface area contributed by atoms with Crippen LogP contribution in [0.3, 0.4) is 0 Å². The maximum Gasteiger partial charge on any atom is 0.330 e. The maximum atomic E-state index is 12.3. The summed E-state index contributed by atoms with van der Waals surface area (Å²) in [6.45, 7) is 0.865. The summed E-state index contributed by atoms with van der Waals surface area (Å²) in [4.78, 5) is 24.5. The van der Waals surface area contributed by atoms with E-state index in [1.165, 1.54) is 11.6 Å². The van der Waals surface area contributed by atoms with E-state index in [0.717, 1.165) is 15.9 Å². The van der Waals surface area contributed by atoms with Crippen LogP contribution in [0.4, 0.5) is 0 Å². The molecular weight excluding hydrogens is 284 g/mol. The predicted molar refractivity (Wildman–Crippen MR) is 79.8 cm³/mol. The lowest BCUT2D eigenvalue weighted by molar-refractivity contribution is 0.157. The summed E-state index contributed by atoms with van der Waals surface area (Å²) in [5, 5.41) is 0. The van der Waals surface area contributed by atoms with E-state index in [9.17, 15) is 9.59 Å². The fraction of sp³-hybridized carbons (Fsp3) is 0.375. The number of nitrogens with zero attached hydrogens (tertiary/aromatic N) is 2. The SMILES string of the molecule is Cn1c2c(c(=O)n(C)c1=O)OC[C@@H]1c3ccccc3OC[C@H]21. The Morgan fingerprint density at radius 2 is 1.73 bits per heavy atom. The highest BCUT2D eigenvalue weighted by atomic mass is 16.5. The van der Waals surface area contributed by atoms with Crippen molar-refractivity contribution in [3.05, 3.63) is 56.4 Å². The summed E-state index contributed by atoms with van der Waals surface area (Å²) in [5.41, 5.74) is 0.985. The Hall–Kier alpha value is -2.50. The molecule has 0 fully saturated rings. The second-order valence-corrected chi connectivity index (χ2v) is 5.79. The molecular formula is C16H16N2O4. The molecule has 0 aliphatic carbocycles. The fourth-order valence-corrected chi connectivity index (χ4v) is 3.46. The first kappa shape index (κ1) is 13.2. The average molecular weight is 300 g/mol. The van der Waals surface area contributed by atoms with Gasteiger partial charge >= 0.3 is 5.69 Å². The molecule has 0 spiro atoms. The maximum absolute atomic E-state index is 12.3. The number of benzene rings is 1. The van der Waals surface area contributed by atoms with Gasteiger partial charge in [-0.15, -0.1) is 0 Å². The summed E-state index contributed by atoms with van der Waals surface area (Å²) in [5.74, 6) is 1.17. The third-order valence-corrected chi connectivity index (χ3v) is 4.65. The normalized spacial score (nSPS) is 21.9. The molecule has 2 aromatic rings. The minimum Gasteiger partial charge on any atom is -0.493 e. The second kappa shape index (κ2) is 4.50. The van der Waals surface area contributed by atoms with Crippen LogP contribution in [0, 0.1) is 0 Å². The van der Waals surface area contributed by atoms with E-state index in [4.69, 9.17) is 9.47 Å². The molecule has 0 radical (unpaired) electrons. The molecule has 2 aliphatic rings. The van der Waals surface area contributed by atoms with Gasteiger partial charge in [-0.05, 0) is 6.07 Å². The molecule has 22 heavy (non-hydrogen) atoms. The quantitative estimate of drug-likeness (QED) is 0.720. The van der Waals surface area contributed by atoms with E-state index in [-0.39, 0.29) is 28.8 Å². The summed E-state index contributed by atoms with van der Waals surface area (Å²) >= 11 is 0. The number of aromatic nitrogens is 2. The first-order valence-corrected chi connectivity index (χ1v) is 7.24. The van der Waals surface area contributed by atoms with Gasteiger partial charge in [-0.3, -0.25) is 13.9 Å². The van der Waals surface area contributed by atoms with E-state index in [2.05, 4.69) is 0 Å². The number of ether oxygens (including phenoxy) is 2. The van der Waals surface area contributed by atoms with Gasteiger partial charge in [-0.2, -0.15) is 0 Å². The number of fused-ring (bicyclic) bond motifs is 5. The Morgan fingerprint density at radius 1 is 1.00 bits per heavy atom. The Bertz CT molecular complexity index is 881. The second-order valence-electron chi connectivity index (χ2n) is 5.79. The molecule has 6 heteroatoms. The standard InChI is InChI=1S/C16H16N2O4/c1-17-13-11-8-21-12-6-4-3-5-9(12)10(11)7-22-14(13)15(19)18(2)16(17)20/h3-6,10-11H,7-8H2,1-2H3/t10-,11+/m1/s1. The van der Waals surface area contributed by atoms with Gasteiger partial charge in [-0.1, -0.05) is 18.2 Å². The zero-order valence-electron chi connectivity index (χ0n) is 12.4. The van der Waals surface area contributed by atoms with E-state index in [1.807, 2.05) is 24.3 Å².